The molecule has 0 radical (unpaired) electrons. The Bertz CT molecular complexity index is 189. The van der Waals surface area contributed by atoms with Crippen LogP contribution in [0.25, 0.3) is 0 Å². The molecule has 0 fully saturated rings. The van der Waals surface area contributed by atoms with Crippen molar-refractivity contribution in [2.24, 2.45) is 5.92 Å². The Labute approximate surface area is 69.4 Å². The van der Waals surface area contributed by atoms with Crippen LogP contribution in [0.5, 0.6) is 0 Å². The first-order chi connectivity index (χ1) is 5.13. The summed E-state index contributed by atoms with van der Waals surface area (Å²) in [6.07, 6.45) is 6.57. The van der Waals surface area contributed by atoms with Gasteiger partial charge in [0.15, 0.2) is 0 Å². The van der Waals surface area contributed by atoms with Crippen molar-refractivity contribution in [1.29, 1.82) is 0 Å². The summed E-state index contributed by atoms with van der Waals surface area (Å²) in [6.45, 7) is 6.66. The van der Waals surface area contributed by atoms with Crippen LogP contribution < -0.4 is 0 Å². The lowest BCUT2D eigenvalue weighted by molar-refractivity contribution is 0.284. The summed E-state index contributed by atoms with van der Waals surface area (Å²) in [5.41, 5.74) is 1.35. The third-order valence-corrected chi connectivity index (χ3v) is 2.33. The molecular weight excluding hydrogens is 134 g/mol. The molecule has 0 aromatic rings. The summed E-state index contributed by atoms with van der Waals surface area (Å²) < 4.78 is 0. The maximum atomic E-state index is 2.32. The molecule has 0 aromatic carbocycles. The minimum Gasteiger partial charge on any atom is -0.371 e. The maximum absolute atomic E-state index is 2.32. The smallest absolute Gasteiger partial charge is 0.0492 e. The third-order valence-electron chi connectivity index (χ3n) is 2.33. The first-order valence-corrected chi connectivity index (χ1v) is 4.21. The second-order valence-corrected chi connectivity index (χ2v) is 3.54. The van der Waals surface area contributed by atoms with Gasteiger partial charge in [0.05, 0.1) is 0 Å². The fourth-order valence-corrected chi connectivity index (χ4v) is 1.46. The van der Waals surface area contributed by atoms with E-state index in [0.29, 0.717) is 12.0 Å². The van der Waals surface area contributed by atoms with Crippen molar-refractivity contribution >= 4 is 0 Å². The van der Waals surface area contributed by atoms with Gasteiger partial charge in [-0.05, 0) is 18.9 Å². The van der Waals surface area contributed by atoms with E-state index in [-0.39, 0.29) is 0 Å². The van der Waals surface area contributed by atoms with Crippen molar-refractivity contribution in [1.82, 2.24) is 4.90 Å². The van der Waals surface area contributed by atoms with Gasteiger partial charge in [0.25, 0.3) is 0 Å². The Morgan fingerprint density at radius 1 is 1.45 bits per heavy atom. The van der Waals surface area contributed by atoms with Gasteiger partial charge in [-0.25, -0.2) is 0 Å². The average molecular weight is 151 g/mol. The molecule has 0 aromatic heterocycles. The summed E-state index contributed by atoms with van der Waals surface area (Å²) in [5, 5.41) is 0. The standard InChI is InChI=1S/C10H17N/c1-8(2)10-7-5-6-9(3)11(10)4/h5-8,10H,1-4H3. The lowest BCUT2D eigenvalue weighted by Crippen LogP contribution is -2.34. The molecule has 1 atom stereocenters. The Kier molecular flexibility index (Phi) is 2.38. The van der Waals surface area contributed by atoms with Gasteiger partial charge in [0.1, 0.15) is 0 Å². The second kappa shape index (κ2) is 3.12. The van der Waals surface area contributed by atoms with Crippen LogP contribution in [0.3, 0.4) is 0 Å². The molecule has 1 heterocycles. The predicted octanol–water partition coefficient (Wildman–Crippen LogP) is 2.42. The zero-order chi connectivity index (χ0) is 8.43. The molecule has 1 nitrogen and oxygen atoms in total. The monoisotopic (exact) mass is 151 g/mol. The number of likely N-dealkylation sites (N-methyl/N-ethyl adjacent to an activating group) is 1. The molecule has 0 amide bonds. The maximum Gasteiger partial charge on any atom is 0.0492 e. The zero-order valence-corrected chi connectivity index (χ0v) is 7.83. The Morgan fingerprint density at radius 2 is 2.09 bits per heavy atom. The van der Waals surface area contributed by atoms with Gasteiger partial charge in [-0.2, -0.15) is 0 Å². The van der Waals surface area contributed by atoms with E-state index in [9.17, 15) is 0 Å². The number of hydrogen-bond donors (Lipinski definition) is 0. The van der Waals surface area contributed by atoms with Crippen molar-refractivity contribution in [2.75, 3.05) is 7.05 Å². The predicted molar refractivity (Wildman–Crippen MR) is 49.3 cm³/mol. The Morgan fingerprint density at radius 3 is 2.55 bits per heavy atom. The molecule has 1 aliphatic rings. The molecule has 0 saturated carbocycles. The SMILES string of the molecule is CC1=CC=CC(C(C)C)N1C. The summed E-state index contributed by atoms with van der Waals surface area (Å²) in [7, 11) is 2.15. The number of allylic oxidation sites excluding steroid dienone is 3. The Balaban J connectivity index is 2.73. The molecule has 1 aliphatic heterocycles. The highest BCUT2D eigenvalue weighted by molar-refractivity contribution is 5.19. The molecule has 1 rings (SSSR count). The summed E-state index contributed by atoms with van der Waals surface area (Å²) in [5.74, 6) is 0.694. The lowest BCUT2D eigenvalue weighted by atomic mass is 10.00. The lowest BCUT2D eigenvalue weighted by Gasteiger charge is -2.33. The minimum absolute atomic E-state index is 0.583. The van der Waals surface area contributed by atoms with E-state index in [4.69, 9.17) is 0 Å². The molecule has 11 heavy (non-hydrogen) atoms. The highest BCUT2D eigenvalue weighted by atomic mass is 15.1. The van der Waals surface area contributed by atoms with Crippen molar-refractivity contribution in [3.05, 3.63) is 23.9 Å². The van der Waals surface area contributed by atoms with Crippen molar-refractivity contribution in [2.45, 2.75) is 26.8 Å². The molecule has 0 aliphatic carbocycles. The molecule has 0 saturated heterocycles. The van der Waals surface area contributed by atoms with Crippen LogP contribution >= 0.6 is 0 Å². The van der Waals surface area contributed by atoms with Gasteiger partial charge >= 0.3 is 0 Å². The minimum atomic E-state index is 0.583. The number of nitrogens with zero attached hydrogens (tertiary/aromatic N) is 1. The fraction of sp³-hybridized carbons (Fsp3) is 0.600. The van der Waals surface area contributed by atoms with E-state index in [0.717, 1.165) is 0 Å². The molecule has 62 valence electrons. The topological polar surface area (TPSA) is 3.24 Å². The highest BCUT2D eigenvalue weighted by Crippen LogP contribution is 2.18. The average Bonchev–Trinajstić information content (AvgIpc) is 1.94. The Hall–Kier alpha value is -0.720. The highest BCUT2D eigenvalue weighted by Gasteiger charge is 2.17. The van der Waals surface area contributed by atoms with Gasteiger partial charge in [-0.15, -0.1) is 0 Å². The van der Waals surface area contributed by atoms with E-state index in [1.807, 2.05) is 0 Å². The van der Waals surface area contributed by atoms with Gasteiger partial charge in [0, 0.05) is 18.8 Å². The second-order valence-electron chi connectivity index (χ2n) is 3.54. The molecule has 1 heteroatoms. The van der Waals surface area contributed by atoms with E-state index in [1.54, 1.807) is 0 Å². The number of rotatable bonds is 1. The zero-order valence-electron chi connectivity index (χ0n) is 7.83. The van der Waals surface area contributed by atoms with E-state index >= 15 is 0 Å². The third kappa shape index (κ3) is 1.65. The summed E-state index contributed by atoms with van der Waals surface area (Å²) >= 11 is 0. The molecule has 0 N–H and O–H groups in total. The van der Waals surface area contributed by atoms with E-state index < -0.39 is 0 Å². The van der Waals surface area contributed by atoms with Crippen molar-refractivity contribution < 1.29 is 0 Å². The fourth-order valence-electron chi connectivity index (χ4n) is 1.46. The van der Waals surface area contributed by atoms with E-state index in [2.05, 4.69) is 50.9 Å². The normalized spacial score (nSPS) is 24.3. The first kappa shape index (κ1) is 8.38. The number of hydrogen-bond acceptors (Lipinski definition) is 1. The first-order valence-electron chi connectivity index (χ1n) is 4.21. The molecular formula is C10H17N. The van der Waals surface area contributed by atoms with Crippen molar-refractivity contribution in [3.63, 3.8) is 0 Å². The van der Waals surface area contributed by atoms with Gasteiger partial charge in [-0.1, -0.05) is 26.0 Å². The van der Waals surface area contributed by atoms with Crippen LogP contribution in [-0.2, 0) is 0 Å². The largest absolute Gasteiger partial charge is 0.371 e. The van der Waals surface area contributed by atoms with Crippen LogP contribution in [0.1, 0.15) is 20.8 Å². The van der Waals surface area contributed by atoms with Crippen LogP contribution in [0.15, 0.2) is 23.9 Å². The molecule has 0 bridgehead atoms. The summed E-state index contributed by atoms with van der Waals surface area (Å²) in [4.78, 5) is 2.32. The van der Waals surface area contributed by atoms with Gasteiger partial charge in [0.2, 0.25) is 0 Å². The van der Waals surface area contributed by atoms with Crippen LogP contribution in [-0.4, -0.2) is 18.0 Å². The molecule has 0 spiro atoms. The molecule has 1 unspecified atom stereocenters. The van der Waals surface area contributed by atoms with E-state index in [1.165, 1.54) is 5.70 Å². The van der Waals surface area contributed by atoms with Gasteiger partial charge < -0.3 is 4.90 Å². The van der Waals surface area contributed by atoms with Crippen LogP contribution in [0.4, 0.5) is 0 Å². The van der Waals surface area contributed by atoms with Crippen LogP contribution in [0.2, 0.25) is 0 Å². The quantitative estimate of drug-likeness (QED) is 0.556. The summed E-state index contributed by atoms with van der Waals surface area (Å²) in [6, 6.07) is 0.583. The van der Waals surface area contributed by atoms with Gasteiger partial charge in [-0.3, -0.25) is 0 Å². The van der Waals surface area contributed by atoms with Crippen LogP contribution in [0, 0.1) is 5.92 Å². The van der Waals surface area contributed by atoms with Crippen molar-refractivity contribution in [3.8, 4) is 0 Å².